The first-order chi connectivity index (χ1) is 19.1. The molecule has 2 unspecified atom stereocenters. The molecule has 2 aliphatic heterocycles. The Bertz CT molecular complexity index is 824. The predicted molar refractivity (Wildman–Crippen MR) is 146 cm³/mol. The van der Waals surface area contributed by atoms with E-state index in [-0.39, 0.29) is 37.7 Å². The number of rotatable bonds is 17. The zero-order valence-corrected chi connectivity index (χ0v) is 25.6. The van der Waals surface area contributed by atoms with Crippen LogP contribution in [0, 0.1) is 0 Å². The van der Waals surface area contributed by atoms with Gasteiger partial charge >= 0.3 is 7.82 Å². The summed E-state index contributed by atoms with van der Waals surface area (Å²) in [6.45, 7) is 9.04. The first-order valence-corrected chi connectivity index (χ1v) is 15.8. The summed E-state index contributed by atoms with van der Waals surface area (Å²) in [5, 5.41) is 41.6. The highest BCUT2D eigenvalue weighted by molar-refractivity contribution is 7.47. The van der Waals surface area contributed by atoms with Crippen LogP contribution >= 0.6 is 7.82 Å². The lowest BCUT2D eigenvalue weighted by atomic mass is 9.99. The fourth-order valence-electron chi connectivity index (χ4n) is 4.51. The van der Waals surface area contributed by atoms with E-state index in [0.717, 1.165) is 0 Å². The molecule has 0 spiro atoms. The number of phosphoric acid groups is 1. The van der Waals surface area contributed by atoms with Crippen LogP contribution in [0.15, 0.2) is 0 Å². The number of carbonyl (C=O) groups excluding carboxylic acids is 1. The Morgan fingerprint density at radius 3 is 2.39 bits per heavy atom. The van der Waals surface area contributed by atoms with Crippen molar-refractivity contribution in [3.63, 3.8) is 0 Å². The third kappa shape index (κ3) is 13.2. The molecule has 1 amide bonds. The number of aliphatic hydroxyl groups is 4. The van der Waals surface area contributed by atoms with Gasteiger partial charge in [-0.3, -0.25) is 13.8 Å². The molecular formula is C26H50NO13P. The van der Waals surface area contributed by atoms with Gasteiger partial charge in [0, 0.05) is 26.0 Å². The summed E-state index contributed by atoms with van der Waals surface area (Å²) >= 11 is 0. The molecule has 6 N–H and O–H groups in total. The van der Waals surface area contributed by atoms with Crippen LogP contribution in [0.3, 0.4) is 0 Å². The highest BCUT2D eigenvalue weighted by Gasteiger charge is 2.44. The smallest absolute Gasteiger partial charge is 0.394 e. The summed E-state index contributed by atoms with van der Waals surface area (Å²) in [7, 11) is -4.31. The molecule has 0 aromatic rings. The molecule has 0 saturated carbocycles. The third-order valence-corrected chi connectivity index (χ3v) is 7.80. The number of unbranched alkanes of at least 4 members (excludes halogenated alkanes) is 1. The Balaban J connectivity index is 1.66. The SMILES string of the molecule is CC(C)OC[C@H]1O[C@@H](CCCNC(=O)CCCCO[C@H]2O[C@H](CO)[C@@H](O)[C@H](O)[C@@H]2O)CC1OP(=O)(O)OC(C)(C)C. The van der Waals surface area contributed by atoms with Crippen molar-refractivity contribution in [1.29, 1.82) is 0 Å². The fourth-order valence-corrected chi connectivity index (χ4v) is 5.81. The number of phosphoric ester groups is 1. The van der Waals surface area contributed by atoms with Gasteiger partial charge in [-0.15, -0.1) is 0 Å². The minimum absolute atomic E-state index is 0.0421. The summed E-state index contributed by atoms with van der Waals surface area (Å²) in [6.07, 6.45) is -5.16. The maximum absolute atomic E-state index is 12.5. The van der Waals surface area contributed by atoms with E-state index < -0.39 is 62.9 Å². The summed E-state index contributed by atoms with van der Waals surface area (Å²) in [5.41, 5.74) is -0.859. The molecule has 0 aromatic heterocycles. The maximum atomic E-state index is 12.5. The van der Waals surface area contributed by atoms with Crippen molar-refractivity contribution in [2.24, 2.45) is 0 Å². The molecule has 2 fully saturated rings. The third-order valence-electron chi connectivity index (χ3n) is 6.48. The Morgan fingerprint density at radius 1 is 1.05 bits per heavy atom. The number of carbonyl (C=O) groups is 1. The lowest BCUT2D eigenvalue weighted by Gasteiger charge is -2.39. The van der Waals surface area contributed by atoms with Gasteiger partial charge in [0.1, 0.15) is 36.6 Å². The van der Waals surface area contributed by atoms with Crippen LogP contribution in [-0.2, 0) is 37.4 Å². The summed E-state index contributed by atoms with van der Waals surface area (Å²) in [5.74, 6) is -0.129. The first-order valence-electron chi connectivity index (χ1n) is 14.3. The van der Waals surface area contributed by atoms with Gasteiger partial charge in [-0.25, -0.2) is 4.57 Å². The largest absolute Gasteiger partial charge is 0.473 e. The second-order valence-corrected chi connectivity index (χ2v) is 13.1. The second-order valence-electron chi connectivity index (χ2n) is 11.7. The van der Waals surface area contributed by atoms with Gasteiger partial charge in [0.2, 0.25) is 5.91 Å². The highest BCUT2D eigenvalue weighted by Crippen LogP contribution is 2.50. The van der Waals surface area contributed by atoms with Crippen molar-refractivity contribution in [3.05, 3.63) is 0 Å². The molecule has 2 rings (SSSR count). The fraction of sp³-hybridized carbons (Fsp3) is 0.962. The number of hydrogen-bond acceptors (Lipinski definition) is 12. The standard InChI is InChI=1S/C26H50NO13P/c1-16(2)36-15-20-18(39-41(33,34)40-26(3,4)5)13-17(37-20)9-8-11-27-21(29)10-6-7-12-35-25-24(32)23(31)22(30)19(14-28)38-25/h16-20,22-25,28,30-32H,6-15H2,1-5H3,(H,27,29)(H,33,34)/t17-,18?,19+,20+,22+,23-,24-,25-/m0/s1. The van der Waals surface area contributed by atoms with E-state index in [1.807, 2.05) is 13.8 Å². The maximum Gasteiger partial charge on any atom is 0.473 e. The molecular weight excluding hydrogens is 565 g/mol. The number of hydrogen-bond donors (Lipinski definition) is 6. The van der Waals surface area contributed by atoms with Crippen LogP contribution < -0.4 is 5.32 Å². The van der Waals surface area contributed by atoms with Crippen molar-refractivity contribution < 1.29 is 62.7 Å². The molecule has 242 valence electrons. The molecule has 0 radical (unpaired) electrons. The van der Waals surface area contributed by atoms with E-state index in [9.17, 15) is 34.7 Å². The molecule has 9 atom stereocenters. The number of ether oxygens (including phenoxy) is 4. The van der Waals surface area contributed by atoms with E-state index in [4.69, 9.17) is 28.0 Å². The quantitative estimate of drug-likeness (QED) is 0.0989. The zero-order chi connectivity index (χ0) is 30.8. The van der Waals surface area contributed by atoms with Gasteiger partial charge in [0.15, 0.2) is 6.29 Å². The van der Waals surface area contributed by atoms with Crippen molar-refractivity contribution >= 4 is 13.7 Å². The predicted octanol–water partition coefficient (Wildman–Crippen LogP) is 0.753. The summed E-state index contributed by atoms with van der Waals surface area (Å²) in [4.78, 5) is 22.4. The molecule has 2 heterocycles. The van der Waals surface area contributed by atoms with Crippen molar-refractivity contribution in [3.8, 4) is 0 Å². The molecule has 0 aromatic carbocycles. The van der Waals surface area contributed by atoms with E-state index in [1.54, 1.807) is 20.8 Å². The van der Waals surface area contributed by atoms with Gasteiger partial charge in [-0.1, -0.05) is 0 Å². The summed E-state index contributed by atoms with van der Waals surface area (Å²) < 4.78 is 45.6. The van der Waals surface area contributed by atoms with Crippen molar-refractivity contribution in [2.45, 2.75) is 134 Å². The minimum atomic E-state index is -4.31. The molecule has 15 heteroatoms. The number of nitrogens with one attached hydrogen (secondary N) is 1. The van der Waals surface area contributed by atoms with Crippen LogP contribution in [0.25, 0.3) is 0 Å². The Labute approximate surface area is 242 Å². The average molecular weight is 616 g/mol. The molecule has 0 bridgehead atoms. The van der Waals surface area contributed by atoms with Gasteiger partial charge in [-0.05, 0) is 60.3 Å². The highest BCUT2D eigenvalue weighted by atomic mass is 31.2. The van der Waals surface area contributed by atoms with E-state index in [2.05, 4.69) is 5.32 Å². The number of aliphatic hydroxyl groups excluding tert-OH is 4. The first kappa shape index (κ1) is 36.5. The van der Waals surface area contributed by atoms with Crippen LogP contribution in [0.1, 0.15) is 73.1 Å². The van der Waals surface area contributed by atoms with E-state index >= 15 is 0 Å². The molecule has 41 heavy (non-hydrogen) atoms. The van der Waals surface area contributed by atoms with Crippen molar-refractivity contribution in [2.75, 3.05) is 26.4 Å². The average Bonchev–Trinajstić information content (AvgIpc) is 3.23. The van der Waals surface area contributed by atoms with Crippen LogP contribution in [0.2, 0.25) is 0 Å². The van der Waals surface area contributed by atoms with Crippen molar-refractivity contribution in [1.82, 2.24) is 5.32 Å². The monoisotopic (exact) mass is 615 g/mol. The zero-order valence-electron chi connectivity index (χ0n) is 24.7. The molecule has 0 aliphatic carbocycles. The number of amides is 1. The topological polar surface area (TPSA) is 203 Å². The van der Waals surface area contributed by atoms with E-state index in [0.29, 0.717) is 38.6 Å². The van der Waals surface area contributed by atoms with Crippen LogP contribution in [0.4, 0.5) is 0 Å². The van der Waals surface area contributed by atoms with E-state index in [1.165, 1.54) is 0 Å². The lowest BCUT2D eigenvalue weighted by molar-refractivity contribution is -0.301. The molecule has 2 aliphatic rings. The van der Waals surface area contributed by atoms with Gasteiger partial charge < -0.3 is 49.6 Å². The minimum Gasteiger partial charge on any atom is -0.394 e. The Morgan fingerprint density at radius 2 is 1.76 bits per heavy atom. The van der Waals surface area contributed by atoms with Gasteiger partial charge in [-0.2, -0.15) is 0 Å². The lowest BCUT2D eigenvalue weighted by Crippen LogP contribution is -2.59. The van der Waals surface area contributed by atoms with Crippen LogP contribution in [0.5, 0.6) is 0 Å². The summed E-state index contributed by atoms with van der Waals surface area (Å²) in [6, 6.07) is 0. The molecule has 2 saturated heterocycles. The van der Waals surface area contributed by atoms with Gasteiger partial charge in [0.05, 0.1) is 31.0 Å². The Hall–Kier alpha value is -0.740. The van der Waals surface area contributed by atoms with Crippen LogP contribution in [-0.4, -0.2) is 118 Å². The van der Waals surface area contributed by atoms with Gasteiger partial charge in [0.25, 0.3) is 0 Å². The second kappa shape index (κ2) is 16.9. The normalized spacial score (nSPS) is 32.3. The Kier molecular flexibility index (Phi) is 15.1. The molecule has 14 nitrogen and oxygen atoms in total.